The SMILES string of the molecule is CC(C)(C)N1CCc2cccn2CC1. The third-order valence-corrected chi connectivity index (χ3v) is 3.12. The van der Waals surface area contributed by atoms with E-state index in [0.717, 1.165) is 6.54 Å². The zero-order valence-corrected chi connectivity index (χ0v) is 9.45. The molecule has 2 nitrogen and oxygen atoms in total. The largest absolute Gasteiger partial charge is 0.350 e. The van der Waals surface area contributed by atoms with E-state index in [9.17, 15) is 0 Å². The van der Waals surface area contributed by atoms with E-state index in [-0.39, 0.29) is 0 Å². The summed E-state index contributed by atoms with van der Waals surface area (Å²) in [7, 11) is 0. The third kappa shape index (κ3) is 1.85. The number of hydrogen-bond donors (Lipinski definition) is 0. The fraction of sp³-hybridized carbons (Fsp3) is 0.667. The maximum Gasteiger partial charge on any atom is 0.0350 e. The third-order valence-electron chi connectivity index (χ3n) is 3.12. The molecule has 0 amide bonds. The molecule has 0 spiro atoms. The maximum absolute atomic E-state index is 2.57. The second kappa shape index (κ2) is 3.43. The van der Waals surface area contributed by atoms with Crippen LogP contribution in [0.2, 0.25) is 0 Å². The van der Waals surface area contributed by atoms with Gasteiger partial charge >= 0.3 is 0 Å². The molecule has 0 unspecified atom stereocenters. The van der Waals surface area contributed by atoms with Crippen molar-refractivity contribution in [3.05, 3.63) is 24.0 Å². The highest BCUT2D eigenvalue weighted by molar-refractivity contribution is 5.09. The molecule has 0 aromatic carbocycles. The van der Waals surface area contributed by atoms with Gasteiger partial charge in [0.2, 0.25) is 0 Å². The van der Waals surface area contributed by atoms with Gasteiger partial charge in [-0.05, 0) is 32.9 Å². The van der Waals surface area contributed by atoms with Crippen LogP contribution >= 0.6 is 0 Å². The van der Waals surface area contributed by atoms with Gasteiger partial charge in [0.15, 0.2) is 0 Å². The van der Waals surface area contributed by atoms with E-state index in [2.05, 4.69) is 48.6 Å². The van der Waals surface area contributed by atoms with Crippen LogP contribution in [0.25, 0.3) is 0 Å². The second-order valence-electron chi connectivity index (χ2n) is 5.10. The Labute approximate surface area is 86.5 Å². The Kier molecular flexibility index (Phi) is 2.40. The minimum Gasteiger partial charge on any atom is -0.350 e. The predicted octanol–water partition coefficient (Wildman–Crippen LogP) is 2.14. The van der Waals surface area contributed by atoms with E-state index in [1.807, 2.05) is 0 Å². The van der Waals surface area contributed by atoms with Gasteiger partial charge in [-0.15, -0.1) is 0 Å². The summed E-state index contributed by atoms with van der Waals surface area (Å²) >= 11 is 0. The Morgan fingerprint density at radius 3 is 2.64 bits per heavy atom. The average molecular weight is 192 g/mol. The van der Waals surface area contributed by atoms with Gasteiger partial charge in [0.1, 0.15) is 0 Å². The maximum atomic E-state index is 2.57. The van der Waals surface area contributed by atoms with Crippen molar-refractivity contribution < 1.29 is 0 Å². The van der Waals surface area contributed by atoms with Crippen LogP contribution in [0.1, 0.15) is 26.5 Å². The van der Waals surface area contributed by atoms with E-state index < -0.39 is 0 Å². The standard InChI is InChI=1S/C12H20N2/c1-12(2,3)14-8-6-11-5-4-7-13(11)9-10-14/h4-5,7H,6,8-10H2,1-3H3. The summed E-state index contributed by atoms with van der Waals surface area (Å²) in [6, 6.07) is 4.40. The fourth-order valence-corrected chi connectivity index (χ4v) is 2.16. The zero-order valence-electron chi connectivity index (χ0n) is 9.45. The molecule has 0 aliphatic carbocycles. The van der Waals surface area contributed by atoms with Crippen LogP contribution in [0.15, 0.2) is 18.3 Å². The number of nitrogens with zero attached hydrogens (tertiary/aromatic N) is 2. The average Bonchev–Trinajstić information content (AvgIpc) is 2.42. The minimum absolute atomic E-state index is 0.310. The first kappa shape index (κ1) is 9.78. The van der Waals surface area contributed by atoms with Gasteiger partial charge in [-0.2, -0.15) is 0 Å². The highest BCUT2D eigenvalue weighted by atomic mass is 15.2. The fourth-order valence-electron chi connectivity index (χ4n) is 2.16. The summed E-state index contributed by atoms with van der Waals surface area (Å²) in [4.78, 5) is 2.57. The summed E-state index contributed by atoms with van der Waals surface area (Å²) in [6.07, 6.45) is 3.38. The summed E-state index contributed by atoms with van der Waals surface area (Å²) in [5, 5.41) is 0. The molecule has 2 rings (SSSR count). The second-order valence-corrected chi connectivity index (χ2v) is 5.10. The lowest BCUT2D eigenvalue weighted by atomic mass is 10.1. The number of hydrogen-bond acceptors (Lipinski definition) is 1. The van der Waals surface area contributed by atoms with Gasteiger partial charge < -0.3 is 4.57 Å². The van der Waals surface area contributed by atoms with Crippen molar-refractivity contribution in [3.63, 3.8) is 0 Å². The Hall–Kier alpha value is -0.760. The molecule has 2 heterocycles. The van der Waals surface area contributed by atoms with E-state index >= 15 is 0 Å². The lowest BCUT2D eigenvalue weighted by Crippen LogP contribution is -2.43. The first-order valence-corrected chi connectivity index (χ1v) is 5.46. The lowest BCUT2D eigenvalue weighted by molar-refractivity contribution is 0.140. The zero-order chi connectivity index (χ0) is 10.2. The van der Waals surface area contributed by atoms with E-state index in [4.69, 9.17) is 0 Å². The van der Waals surface area contributed by atoms with Gasteiger partial charge in [-0.1, -0.05) is 0 Å². The summed E-state index contributed by atoms with van der Waals surface area (Å²) in [5.41, 5.74) is 1.79. The number of aromatic nitrogens is 1. The molecular formula is C12H20N2. The van der Waals surface area contributed by atoms with Crippen LogP contribution in [0.4, 0.5) is 0 Å². The molecule has 1 aliphatic rings. The number of rotatable bonds is 0. The Morgan fingerprint density at radius 2 is 1.93 bits per heavy atom. The van der Waals surface area contributed by atoms with Crippen LogP contribution in [0, 0.1) is 0 Å². The molecule has 0 N–H and O–H groups in total. The summed E-state index contributed by atoms with van der Waals surface area (Å²) in [6.45, 7) is 10.4. The van der Waals surface area contributed by atoms with Gasteiger partial charge in [-0.25, -0.2) is 0 Å². The molecule has 1 aromatic heterocycles. The van der Waals surface area contributed by atoms with Crippen molar-refractivity contribution in [2.45, 2.75) is 39.3 Å². The lowest BCUT2D eigenvalue weighted by Gasteiger charge is -2.34. The van der Waals surface area contributed by atoms with Gasteiger partial charge in [-0.3, -0.25) is 4.90 Å². The van der Waals surface area contributed by atoms with Gasteiger partial charge in [0.25, 0.3) is 0 Å². The molecule has 0 bridgehead atoms. The highest BCUT2D eigenvalue weighted by Crippen LogP contribution is 2.17. The molecule has 1 aliphatic heterocycles. The topological polar surface area (TPSA) is 8.17 Å². The van der Waals surface area contributed by atoms with Crippen molar-refractivity contribution in [1.29, 1.82) is 0 Å². The summed E-state index contributed by atoms with van der Waals surface area (Å²) < 4.78 is 2.38. The van der Waals surface area contributed by atoms with Crippen molar-refractivity contribution in [3.8, 4) is 0 Å². The van der Waals surface area contributed by atoms with Gasteiger partial charge in [0.05, 0.1) is 0 Å². The van der Waals surface area contributed by atoms with Crippen LogP contribution in [-0.4, -0.2) is 28.1 Å². The first-order valence-electron chi connectivity index (χ1n) is 5.46. The quantitative estimate of drug-likeness (QED) is 0.611. The van der Waals surface area contributed by atoms with E-state index in [1.165, 1.54) is 25.2 Å². The van der Waals surface area contributed by atoms with Gasteiger partial charge in [0, 0.05) is 43.5 Å². The summed E-state index contributed by atoms with van der Waals surface area (Å²) in [5.74, 6) is 0. The van der Waals surface area contributed by atoms with Crippen LogP contribution in [-0.2, 0) is 13.0 Å². The number of fused-ring (bicyclic) bond motifs is 1. The molecule has 2 heteroatoms. The minimum atomic E-state index is 0.310. The highest BCUT2D eigenvalue weighted by Gasteiger charge is 2.22. The van der Waals surface area contributed by atoms with Crippen molar-refractivity contribution >= 4 is 0 Å². The van der Waals surface area contributed by atoms with Crippen LogP contribution in [0.5, 0.6) is 0 Å². The molecular weight excluding hydrogens is 172 g/mol. The molecule has 1 aromatic rings. The van der Waals surface area contributed by atoms with Crippen molar-refractivity contribution in [2.24, 2.45) is 0 Å². The molecule has 0 fully saturated rings. The Balaban J connectivity index is 2.10. The van der Waals surface area contributed by atoms with Crippen molar-refractivity contribution in [1.82, 2.24) is 9.47 Å². The monoisotopic (exact) mass is 192 g/mol. The van der Waals surface area contributed by atoms with Crippen molar-refractivity contribution in [2.75, 3.05) is 13.1 Å². The van der Waals surface area contributed by atoms with E-state index in [1.54, 1.807) is 0 Å². The van der Waals surface area contributed by atoms with E-state index in [0.29, 0.717) is 5.54 Å². The van der Waals surface area contributed by atoms with Crippen LogP contribution in [0.3, 0.4) is 0 Å². The van der Waals surface area contributed by atoms with Crippen LogP contribution < -0.4 is 0 Å². The molecule has 0 radical (unpaired) electrons. The Morgan fingerprint density at radius 1 is 1.14 bits per heavy atom. The first-order chi connectivity index (χ1) is 6.57. The Bertz CT molecular complexity index is 284. The predicted molar refractivity (Wildman–Crippen MR) is 59.5 cm³/mol. The normalized spacial score (nSPS) is 19.1. The molecule has 0 saturated heterocycles. The molecule has 0 saturated carbocycles. The molecule has 0 atom stereocenters. The molecule has 78 valence electrons. The molecule has 14 heavy (non-hydrogen) atoms. The smallest absolute Gasteiger partial charge is 0.0350 e.